The van der Waals surface area contributed by atoms with Gasteiger partial charge in [0.25, 0.3) is 0 Å². The van der Waals surface area contributed by atoms with E-state index in [1.165, 1.54) is 6.08 Å². The molecule has 0 heterocycles. The van der Waals surface area contributed by atoms with Crippen molar-refractivity contribution in [3.8, 4) is 0 Å². The van der Waals surface area contributed by atoms with Gasteiger partial charge in [-0.05, 0) is 15.9 Å². The third kappa shape index (κ3) is 5.36. The maximum absolute atomic E-state index is 10.3. The Balaban J connectivity index is 3.16. The molecule has 0 atom stereocenters. The maximum Gasteiger partial charge on any atom is 0.509 e. The topological polar surface area (TPSA) is 35.5 Å². The minimum atomic E-state index is -0.688. The Kier molecular flexibility index (Phi) is 5.30. The van der Waals surface area contributed by atoms with Crippen LogP contribution in [0.25, 0.3) is 0 Å². The zero-order valence-corrected chi connectivity index (χ0v) is 6.39. The molecule has 0 aromatic rings. The lowest BCUT2D eigenvalue weighted by atomic mass is 10.7. The van der Waals surface area contributed by atoms with E-state index in [9.17, 15) is 4.79 Å². The van der Waals surface area contributed by atoms with E-state index in [-0.39, 0.29) is 12.1 Å². The molecule has 0 amide bonds. The summed E-state index contributed by atoms with van der Waals surface area (Å²) >= 11 is 2.89. The third-order valence-electron chi connectivity index (χ3n) is 0.491. The Morgan fingerprint density at radius 2 is 2.33 bits per heavy atom. The lowest BCUT2D eigenvalue weighted by molar-refractivity contribution is 0.0785. The molecule has 0 saturated carbocycles. The normalized spacial score (nSPS) is 8.11. The molecule has 0 unspecified atom stereocenters. The molecule has 4 heteroatoms. The van der Waals surface area contributed by atoms with Crippen LogP contribution in [0.1, 0.15) is 0 Å². The van der Waals surface area contributed by atoms with Gasteiger partial charge in [-0.3, -0.25) is 0 Å². The molecule has 0 aromatic carbocycles. The number of hydrogen-bond acceptors (Lipinski definition) is 3. The minimum absolute atomic E-state index is 0.156. The van der Waals surface area contributed by atoms with E-state index in [1.807, 2.05) is 0 Å². The Morgan fingerprint density at radius 3 is 2.78 bits per heavy atom. The standard InChI is InChI=1S/C5H7BrO3/c1-2-3-8-5(7)9-4-6/h2H,1,3-4H2. The number of hydrogen-bond donors (Lipinski definition) is 0. The van der Waals surface area contributed by atoms with Crippen LogP contribution >= 0.6 is 15.9 Å². The van der Waals surface area contributed by atoms with Gasteiger partial charge >= 0.3 is 6.16 Å². The van der Waals surface area contributed by atoms with E-state index < -0.39 is 6.16 Å². The Bertz CT molecular complexity index is 102. The molecule has 0 aromatic heterocycles. The molecule has 3 nitrogen and oxygen atoms in total. The number of alkyl halides is 1. The first kappa shape index (κ1) is 8.49. The highest BCUT2D eigenvalue weighted by Crippen LogP contribution is 1.88. The SMILES string of the molecule is C=CCOC(=O)OCBr. The smallest absolute Gasteiger partial charge is 0.430 e. The zero-order valence-electron chi connectivity index (χ0n) is 4.80. The largest absolute Gasteiger partial charge is 0.509 e. The second kappa shape index (κ2) is 5.62. The first-order chi connectivity index (χ1) is 4.31. The van der Waals surface area contributed by atoms with Crippen LogP contribution in [0.5, 0.6) is 0 Å². The average molecular weight is 195 g/mol. The van der Waals surface area contributed by atoms with E-state index in [4.69, 9.17) is 0 Å². The number of carbonyl (C=O) groups excluding carboxylic acids is 1. The van der Waals surface area contributed by atoms with Crippen molar-refractivity contribution >= 4 is 22.1 Å². The van der Waals surface area contributed by atoms with Crippen molar-refractivity contribution in [2.75, 3.05) is 12.1 Å². The first-order valence-corrected chi connectivity index (χ1v) is 3.39. The summed E-state index contributed by atoms with van der Waals surface area (Å²) in [7, 11) is 0. The van der Waals surface area contributed by atoms with E-state index >= 15 is 0 Å². The first-order valence-electron chi connectivity index (χ1n) is 2.27. The van der Waals surface area contributed by atoms with Crippen LogP contribution < -0.4 is 0 Å². The van der Waals surface area contributed by atoms with E-state index in [2.05, 4.69) is 32.0 Å². The van der Waals surface area contributed by atoms with Crippen LogP contribution in [-0.4, -0.2) is 18.3 Å². The van der Waals surface area contributed by atoms with Gasteiger partial charge < -0.3 is 9.47 Å². The van der Waals surface area contributed by atoms with Crippen LogP contribution in [0.4, 0.5) is 4.79 Å². The highest BCUT2D eigenvalue weighted by atomic mass is 79.9. The molecule has 0 rings (SSSR count). The lowest BCUT2D eigenvalue weighted by Gasteiger charge is -1.98. The third-order valence-corrected chi connectivity index (χ3v) is 0.720. The Labute approximate surface area is 61.8 Å². The van der Waals surface area contributed by atoms with Gasteiger partial charge in [-0.25, -0.2) is 4.79 Å². The van der Waals surface area contributed by atoms with Crippen molar-refractivity contribution in [1.29, 1.82) is 0 Å². The van der Waals surface area contributed by atoms with E-state index in [0.717, 1.165) is 0 Å². The van der Waals surface area contributed by atoms with Gasteiger partial charge in [-0.15, -0.1) is 0 Å². The van der Waals surface area contributed by atoms with Gasteiger partial charge in [-0.2, -0.15) is 0 Å². The average Bonchev–Trinajstić information content (AvgIpc) is 1.85. The van der Waals surface area contributed by atoms with Crippen LogP contribution in [0.3, 0.4) is 0 Å². The van der Waals surface area contributed by atoms with Crippen molar-refractivity contribution in [3.63, 3.8) is 0 Å². The molecule has 52 valence electrons. The minimum Gasteiger partial charge on any atom is -0.430 e. The fourth-order valence-electron chi connectivity index (χ4n) is 0.213. The highest BCUT2D eigenvalue weighted by molar-refractivity contribution is 9.09. The van der Waals surface area contributed by atoms with Gasteiger partial charge in [0.1, 0.15) is 12.1 Å². The second-order valence-corrected chi connectivity index (χ2v) is 1.56. The molecular formula is C5H7BrO3. The Morgan fingerprint density at radius 1 is 1.67 bits per heavy atom. The molecule has 0 N–H and O–H groups in total. The van der Waals surface area contributed by atoms with Crippen LogP contribution in [-0.2, 0) is 9.47 Å². The highest BCUT2D eigenvalue weighted by Gasteiger charge is 1.97. The zero-order chi connectivity index (χ0) is 7.11. The summed E-state index contributed by atoms with van der Waals surface area (Å²) in [5.41, 5.74) is 0.156. The summed E-state index contributed by atoms with van der Waals surface area (Å²) in [6.07, 6.45) is 0.780. The molecule has 0 saturated heterocycles. The van der Waals surface area contributed by atoms with E-state index in [1.54, 1.807) is 0 Å². The quantitative estimate of drug-likeness (QED) is 0.390. The number of ether oxygens (including phenoxy) is 2. The van der Waals surface area contributed by atoms with Crippen LogP contribution in [0, 0.1) is 0 Å². The van der Waals surface area contributed by atoms with Gasteiger partial charge in [0.15, 0.2) is 0 Å². The van der Waals surface area contributed by atoms with E-state index in [0.29, 0.717) is 0 Å². The van der Waals surface area contributed by atoms with Crippen LogP contribution in [0.2, 0.25) is 0 Å². The molecule has 9 heavy (non-hydrogen) atoms. The molecular weight excluding hydrogens is 188 g/mol. The summed E-state index contributed by atoms with van der Waals surface area (Å²) in [6.45, 7) is 3.53. The molecule has 0 radical (unpaired) electrons. The fraction of sp³-hybridized carbons (Fsp3) is 0.400. The molecule has 0 fully saturated rings. The summed E-state index contributed by atoms with van der Waals surface area (Å²) in [5.74, 6) is 0. The van der Waals surface area contributed by atoms with Crippen molar-refractivity contribution in [2.45, 2.75) is 0 Å². The van der Waals surface area contributed by atoms with Crippen molar-refractivity contribution < 1.29 is 14.3 Å². The van der Waals surface area contributed by atoms with Crippen molar-refractivity contribution in [1.82, 2.24) is 0 Å². The second-order valence-electron chi connectivity index (χ2n) is 1.10. The molecule has 0 aliphatic rings. The predicted octanol–water partition coefficient (Wildman–Crippen LogP) is 1.68. The van der Waals surface area contributed by atoms with Gasteiger partial charge in [-0.1, -0.05) is 12.7 Å². The fourth-order valence-corrected chi connectivity index (χ4v) is 0.400. The Hall–Kier alpha value is -0.510. The lowest BCUT2D eigenvalue weighted by Crippen LogP contribution is -2.05. The molecule has 0 aliphatic heterocycles. The number of halogens is 1. The monoisotopic (exact) mass is 194 g/mol. The number of rotatable bonds is 3. The maximum atomic E-state index is 10.3. The number of carbonyl (C=O) groups is 1. The summed E-state index contributed by atoms with van der Waals surface area (Å²) in [5, 5.41) is 0. The van der Waals surface area contributed by atoms with Gasteiger partial charge in [0.2, 0.25) is 0 Å². The van der Waals surface area contributed by atoms with Crippen molar-refractivity contribution in [2.24, 2.45) is 0 Å². The summed E-state index contributed by atoms with van der Waals surface area (Å²) < 4.78 is 8.77. The summed E-state index contributed by atoms with van der Waals surface area (Å²) in [4.78, 5) is 10.3. The van der Waals surface area contributed by atoms with Gasteiger partial charge in [0.05, 0.1) is 0 Å². The van der Waals surface area contributed by atoms with Gasteiger partial charge in [0, 0.05) is 0 Å². The molecule has 0 bridgehead atoms. The van der Waals surface area contributed by atoms with Crippen LogP contribution in [0.15, 0.2) is 12.7 Å². The van der Waals surface area contributed by atoms with Crippen molar-refractivity contribution in [3.05, 3.63) is 12.7 Å². The molecule has 0 spiro atoms. The summed E-state index contributed by atoms with van der Waals surface area (Å²) in [6, 6.07) is 0. The predicted molar refractivity (Wildman–Crippen MR) is 36.4 cm³/mol. The molecule has 0 aliphatic carbocycles.